The highest BCUT2D eigenvalue weighted by atomic mass is 16.5. The molecule has 4 heterocycles. The van der Waals surface area contributed by atoms with Gasteiger partial charge in [-0.15, -0.1) is 0 Å². The molecule has 1 saturated heterocycles. The zero-order valence-electron chi connectivity index (χ0n) is 32.1. The quantitative estimate of drug-likeness (QED) is 0.0735. The van der Waals surface area contributed by atoms with Gasteiger partial charge >= 0.3 is 0 Å². The van der Waals surface area contributed by atoms with Crippen molar-refractivity contribution < 1.29 is 38.2 Å². The molecule has 2 aromatic heterocycles. The Morgan fingerprint density at radius 1 is 0.911 bits per heavy atom. The summed E-state index contributed by atoms with van der Waals surface area (Å²) in [5, 5.41) is 19.8. The predicted octanol–water partition coefficient (Wildman–Crippen LogP) is 2.23. The monoisotopic (exact) mass is 775 g/mol. The third-order valence-electron chi connectivity index (χ3n) is 10.5. The second kappa shape index (κ2) is 19.8. The van der Waals surface area contributed by atoms with Gasteiger partial charge in [-0.2, -0.15) is 9.61 Å². The second-order valence-electron chi connectivity index (χ2n) is 14.2. The fourth-order valence-electron chi connectivity index (χ4n) is 7.48. The highest BCUT2D eigenvalue weighted by molar-refractivity contribution is 6.25. The van der Waals surface area contributed by atoms with Crippen LogP contribution >= 0.6 is 0 Å². The van der Waals surface area contributed by atoms with Gasteiger partial charge < -0.3 is 35.5 Å². The Labute approximate surface area is 326 Å². The Bertz CT molecular complexity index is 1860. The molecule has 0 bridgehead atoms. The van der Waals surface area contributed by atoms with E-state index in [2.05, 4.69) is 51.6 Å². The van der Waals surface area contributed by atoms with Gasteiger partial charge in [0.2, 0.25) is 17.7 Å². The van der Waals surface area contributed by atoms with Crippen molar-refractivity contribution in [1.82, 2.24) is 35.4 Å². The summed E-state index contributed by atoms with van der Waals surface area (Å²) < 4.78 is 18.6. The smallest absolute Gasteiger partial charge is 0.264 e. The third-order valence-corrected chi connectivity index (χ3v) is 10.5. The molecule has 6 rings (SSSR count). The van der Waals surface area contributed by atoms with E-state index in [1.54, 1.807) is 24.4 Å². The number of carbonyl (C=O) groups is 5. The van der Waals surface area contributed by atoms with E-state index in [4.69, 9.17) is 19.2 Å². The fraction of sp³-hybridized carbons (Fsp3) is 0.564. The number of nitrogens with one attached hydrogen (secondary N) is 5. The lowest BCUT2D eigenvalue weighted by molar-refractivity contribution is -0.136. The normalized spacial score (nSPS) is 19.6. The number of benzene rings is 1. The maximum Gasteiger partial charge on any atom is 0.264 e. The maximum absolute atomic E-state index is 13.2. The van der Waals surface area contributed by atoms with Crippen molar-refractivity contribution in [2.75, 3.05) is 69.9 Å². The van der Waals surface area contributed by atoms with Crippen molar-refractivity contribution in [3.8, 4) is 0 Å². The van der Waals surface area contributed by atoms with E-state index in [1.165, 1.54) is 0 Å². The van der Waals surface area contributed by atoms with E-state index < -0.39 is 29.7 Å². The van der Waals surface area contributed by atoms with Crippen LogP contribution in [0.1, 0.15) is 91.1 Å². The number of nitrogens with zero attached hydrogens (tertiary/aromatic N) is 4. The molecule has 3 atom stereocenters. The molecule has 1 saturated carbocycles. The number of anilines is 2. The summed E-state index contributed by atoms with van der Waals surface area (Å²) in [6.45, 7) is 7.62. The number of amides is 5. The lowest BCUT2D eigenvalue weighted by atomic mass is 9.99. The summed E-state index contributed by atoms with van der Waals surface area (Å²) in [6, 6.07) is 8.50. The zero-order chi connectivity index (χ0) is 39.4. The number of imide groups is 2. The summed E-state index contributed by atoms with van der Waals surface area (Å²) in [6.07, 6.45) is 6.93. The van der Waals surface area contributed by atoms with Crippen LogP contribution < -0.4 is 26.6 Å². The Balaban J connectivity index is 0.773. The maximum atomic E-state index is 13.2. The number of piperidine rings is 1. The molecule has 3 aliphatic rings. The van der Waals surface area contributed by atoms with Crippen LogP contribution in [0.5, 0.6) is 0 Å². The van der Waals surface area contributed by atoms with Crippen LogP contribution in [0.15, 0.2) is 36.5 Å². The van der Waals surface area contributed by atoms with Crippen molar-refractivity contribution in [3.05, 3.63) is 53.3 Å². The van der Waals surface area contributed by atoms with Gasteiger partial charge in [0.15, 0.2) is 5.65 Å². The minimum atomic E-state index is -1.02. The van der Waals surface area contributed by atoms with Crippen LogP contribution in [0, 0.1) is 0 Å². The van der Waals surface area contributed by atoms with Gasteiger partial charge in [0.25, 0.3) is 11.8 Å². The van der Waals surface area contributed by atoms with Gasteiger partial charge in [0.05, 0.1) is 63.5 Å². The minimum absolute atomic E-state index is 0.0626. The van der Waals surface area contributed by atoms with Gasteiger partial charge in [0.1, 0.15) is 11.9 Å². The first-order chi connectivity index (χ1) is 27.3. The summed E-state index contributed by atoms with van der Waals surface area (Å²) in [4.78, 5) is 68.2. The number of ether oxygens (including phenoxy) is 3. The molecular formula is C39H53N9O8. The van der Waals surface area contributed by atoms with Crippen molar-refractivity contribution in [3.63, 3.8) is 0 Å². The van der Waals surface area contributed by atoms with Crippen molar-refractivity contribution in [2.24, 2.45) is 0 Å². The Kier molecular flexibility index (Phi) is 14.4. The first kappa shape index (κ1) is 40.7. The van der Waals surface area contributed by atoms with Gasteiger partial charge in [-0.3, -0.25) is 34.2 Å². The van der Waals surface area contributed by atoms with E-state index in [0.29, 0.717) is 64.3 Å². The zero-order valence-corrected chi connectivity index (χ0v) is 32.1. The van der Waals surface area contributed by atoms with E-state index in [1.807, 2.05) is 10.6 Å². The van der Waals surface area contributed by atoms with Gasteiger partial charge in [-0.25, -0.2) is 4.98 Å². The van der Waals surface area contributed by atoms with Crippen molar-refractivity contribution in [1.29, 1.82) is 0 Å². The van der Waals surface area contributed by atoms with E-state index in [9.17, 15) is 24.0 Å². The summed E-state index contributed by atoms with van der Waals surface area (Å²) >= 11 is 0. The average molecular weight is 776 g/mol. The van der Waals surface area contributed by atoms with E-state index >= 15 is 0 Å². The number of rotatable bonds is 22. The highest BCUT2D eigenvalue weighted by Crippen LogP contribution is 2.32. The highest BCUT2D eigenvalue weighted by Gasteiger charge is 2.45. The molecule has 2 fully saturated rings. The van der Waals surface area contributed by atoms with Gasteiger partial charge in [-0.05, 0) is 50.7 Å². The van der Waals surface area contributed by atoms with Crippen molar-refractivity contribution >= 4 is 46.7 Å². The fourth-order valence-corrected chi connectivity index (χ4v) is 7.48. The molecule has 1 unspecified atom stereocenters. The van der Waals surface area contributed by atoms with E-state index in [0.717, 1.165) is 54.2 Å². The molecular weight excluding hydrogens is 722 g/mol. The SMILES string of the molecule is CCC(CC)c1cc(N[C@H]2CC[C@H](NCC(=O)NCCOCCOCCOCCNc3cccc4c3C(=O)N(C3CCC(=O)NC3=O)C4=O)C2)n2nccc2n1. The van der Waals surface area contributed by atoms with Crippen LogP contribution in [-0.2, 0) is 28.6 Å². The van der Waals surface area contributed by atoms with E-state index in [-0.39, 0.29) is 48.5 Å². The minimum Gasteiger partial charge on any atom is -0.382 e. The summed E-state index contributed by atoms with van der Waals surface area (Å²) in [5.41, 5.74) is 2.84. The van der Waals surface area contributed by atoms with Crippen LogP contribution in [-0.4, -0.2) is 126 Å². The van der Waals surface area contributed by atoms with Crippen LogP contribution in [0.4, 0.5) is 11.5 Å². The Morgan fingerprint density at radius 2 is 1.64 bits per heavy atom. The number of hydrogen-bond acceptors (Lipinski definition) is 13. The number of hydrogen-bond donors (Lipinski definition) is 5. The molecule has 3 aromatic rings. The number of carbonyl (C=O) groups excluding carboxylic acids is 5. The lowest BCUT2D eigenvalue weighted by Gasteiger charge is -2.27. The first-order valence-electron chi connectivity index (χ1n) is 19.7. The number of aromatic nitrogens is 3. The summed E-state index contributed by atoms with van der Waals surface area (Å²) in [7, 11) is 0. The molecule has 1 aromatic carbocycles. The second-order valence-corrected chi connectivity index (χ2v) is 14.2. The number of fused-ring (bicyclic) bond motifs is 2. The average Bonchev–Trinajstić information content (AvgIpc) is 3.92. The molecule has 56 heavy (non-hydrogen) atoms. The van der Waals surface area contributed by atoms with Crippen LogP contribution in [0.25, 0.3) is 5.65 Å². The summed E-state index contributed by atoms with van der Waals surface area (Å²) in [5.74, 6) is -0.868. The molecule has 1 aliphatic carbocycles. The molecule has 0 radical (unpaired) electrons. The molecule has 302 valence electrons. The molecule has 17 nitrogen and oxygen atoms in total. The topological polar surface area (TPSA) is 207 Å². The third kappa shape index (κ3) is 10.1. The largest absolute Gasteiger partial charge is 0.382 e. The molecule has 5 N–H and O–H groups in total. The standard InChI is InChI=1S/C39H53N9O8/c1-3-25(4-2)30-23-33(48-32(45-30)12-13-43-48)44-27-9-8-26(22-27)42-24-35(50)41-15-17-55-19-21-56-20-18-54-16-14-40-29-7-5-6-28-36(29)39(53)47(38(28)52)31-10-11-34(49)46-37(31)51/h5-7,12-13,23,25-27,31,40,42,44H,3-4,8-11,14-22,24H2,1-2H3,(H,41,50)(H,46,49,51)/t26-,27-,31?/m0/s1. The first-order valence-corrected chi connectivity index (χ1v) is 19.7. The Morgan fingerprint density at radius 3 is 2.39 bits per heavy atom. The van der Waals surface area contributed by atoms with Crippen LogP contribution in [0.2, 0.25) is 0 Å². The van der Waals surface area contributed by atoms with Crippen LogP contribution in [0.3, 0.4) is 0 Å². The Hall–Kier alpha value is -4.97. The van der Waals surface area contributed by atoms with Gasteiger partial charge in [0, 0.05) is 61.0 Å². The molecule has 17 heteroatoms. The predicted molar refractivity (Wildman–Crippen MR) is 206 cm³/mol. The van der Waals surface area contributed by atoms with Crippen molar-refractivity contribution in [2.45, 2.75) is 82.8 Å². The molecule has 0 spiro atoms. The lowest BCUT2D eigenvalue weighted by Crippen LogP contribution is -2.54. The molecule has 5 amide bonds. The van der Waals surface area contributed by atoms with Gasteiger partial charge in [-0.1, -0.05) is 19.9 Å². The molecule has 2 aliphatic heterocycles.